The van der Waals surface area contributed by atoms with Crippen molar-refractivity contribution >= 4 is 23.4 Å². The van der Waals surface area contributed by atoms with Crippen LogP contribution in [0.4, 0.5) is 5.82 Å². The van der Waals surface area contributed by atoms with Gasteiger partial charge in [-0.2, -0.15) is 0 Å². The molecule has 0 atom stereocenters. The average Bonchev–Trinajstić information content (AvgIpc) is 2.09. The number of nitrogen functional groups attached to an aromatic ring is 1. The molecule has 0 aliphatic carbocycles. The summed E-state index contributed by atoms with van der Waals surface area (Å²) in [5, 5.41) is 8.43. The molecule has 0 unspecified atom stereocenters. The van der Waals surface area contributed by atoms with Gasteiger partial charge in [0.1, 0.15) is 6.33 Å². The van der Waals surface area contributed by atoms with Gasteiger partial charge in [0, 0.05) is 0 Å². The quantitative estimate of drug-likeness (QED) is 0.716. The molecule has 0 fully saturated rings. The highest BCUT2D eigenvalue weighted by Crippen LogP contribution is 2.26. The fourth-order valence-electron chi connectivity index (χ4n) is 0.739. The molecule has 0 spiro atoms. The molecule has 0 aliphatic rings. The van der Waals surface area contributed by atoms with Crippen molar-refractivity contribution in [2.75, 3.05) is 12.3 Å². The number of rotatable bonds is 4. The summed E-state index contributed by atoms with van der Waals surface area (Å²) in [6.07, 6.45) is 1.06. The van der Waals surface area contributed by atoms with E-state index in [4.69, 9.17) is 27.2 Å². The molecule has 76 valence electrons. The SMILES string of the molecule is Nc1ncnc(Cl)c1OCCC(=O)O. The van der Waals surface area contributed by atoms with Crippen molar-refractivity contribution in [2.24, 2.45) is 0 Å². The number of nitrogens with two attached hydrogens (primary N) is 1. The molecule has 1 aromatic rings. The predicted octanol–water partition coefficient (Wildman–Crippen LogP) is 0.566. The van der Waals surface area contributed by atoms with Gasteiger partial charge >= 0.3 is 5.97 Å². The van der Waals surface area contributed by atoms with Crippen LogP contribution in [0.5, 0.6) is 5.75 Å². The number of aromatic nitrogens is 2. The average molecular weight is 218 g/mol. The van der Waals surface area contributed by atoms with E-state index in [0.29, 0.717) is 0 Å². The van der Waals surface area contributed by atoms with Crippen LogP contribution >= 0.6 is 11.6 Å². The van der Waals surface area contributed by atoms with Crippen molar-refractivity contribution in [3.8, 4) is 5.75 Å². The van der Waals surface area contributed by atoms with E-state index >= 15 is 0 Å². The Morgan fingerprint density at radius 1 is 1.64 bits per heavy atom. The van der Waals surface area contributed by atoms with Crippen LogP contribution in [0.1, 0.15) is 6.42 Å². The van der Waals surface area contributed by atoms with Gasteiger partial charge in [0.25, 0.3) is 0 Å². The van der Waals surface area contributed by atoms with Crippen LogP contribution in [0.25, 0.3) is 0 Å². The third-order valence-corrected chi connectivity index (χ3v) is 1.62. The molecule has 0 aromatic carbocycles. The molecule has 0 amide bonds. The molecule has 0 saturated heterocycles. The summed E-state index contributed by atoms with van der Waals surface area (Å²) < 4.78 is 5.02. The first-order valence-electron chi connectivity index (χ1n) is 3.72. The van der Waals surface area contributed by atoms with Gasteiger partial charge in [0.05, 0.1) is 13.0 Å². The first-order valence-corrected chi connectivity index (χ1v) is 4.09. The van der Waals surface area contributed by atoms with Gasteiger partial charge in [-0.1, -0.05) is 11.6 Å². The van der Waals surface area contributed by atoms with E-state index in [-0.39, 0.29) is 29.7 Å². The number of carbonyl (C=O) groups is 1. The molecule has 1 rings (SSSR count). The summed E-state index contributed by atoms with van der Waals surface area (Å²) in [6.45, 7) is -0.0212. The van der Waals surface area contributed by atoms with Crippen molar-refractivity contribution in [3.05, 3.63) is 11.5 Å². The van der Waals surface area contributed by atoms with E-state index in [1.165, 1.54) is 6.33 Å². The molecule has 0 bridgehead atoms. The molecule has 3 N–H and O–H groups in total. The number of carboxylic acids is 1. The molecule has 0 aliphatic heterocycles. The Hall–Kier alpha value is -1.56. The number of hydrogen-bond donors (Lipinski definition) is 2. The summed E-state index contributed by atoms with van der Waals surface area (Å²) in [5.74, 6) is -0.748. The zero-order valence-corrected chi connectivity index (χ0v) is 7.86. The molecule has 7 heteroatoms. The Balaban J connectivity index is 2.62. The first kappa shape index (κ1) is 10.5. The highest BCUT2D eigenvalue weighted by Gasteiger charge is 2.08. The summed E-state index contributed by atoms with van der Waals surface area (Å²) >= 11 is 5.64. The fourth-order valence-corrected chi connectivity index (χ4v) is 0.934. The maximum absolute atomic E-state index is 10.2. The van der Waals surface area contributed by atoms with Crippen LogP contribution in [-0.4, -0.2) is 27.7 Å². The maximum Gasteiger partial charge on any atom is 0.306 e. The topological polar surface area (TPSA) is 98.3 Å². The second kappa shape index (κ2) is 4.61. The van der Waals surface area contributed by atoms with Crippen molar-refractivity contribution in [3.63, 3.8) is 0 Å². The second-order valence-corrected chi connectivity index (χ2v) is 2.73. The van der Waals surface area contributed by atoms with E-state index in [1.807, 2.05) is 0 Å². The zero-order chi connectivity index (χ0) is 10.6. The Morgan fingerprint density at radius 2 is 2.36 bits per heavy atom. The van der Waals surface area contributed by atoms with Crippen molar-refractivity contribution < 1.29 is 14.6 Å². The molecular formula is C7H8ClN3O3. The monoisotopic (exact) mass is 217 g/mol. The van der Waals surface area contributed by atoms with E-state index in [1.54, 1.807) is 0 Å². The van der Waals surface area contributed by atoms with Gasteiger partial charge in [0.2, 0.25) is 0 Å². The third-order valence-electron chi connectivity index (χ3n) is 1.35. The summed E-state index contributed by atoms with van der Waals surface area (Å²) in [5.41, 5.74) is 5.43. The Kier molecular flexibility index (Phi) is 3.47. The number of hydrogen-bond acceptors (Lipinski definition) is 5. The van der Waals surface area contributed by atoms with Crippen LogP contribution in [0.2, 0.25) is 5.15 Å². The number of nitrogens with zero attached hydrogens (tertiary/aromatic N) is 2. The van der Waals surface area contributed by atoms with Crippen molar-refractivity contribution in [2.45, 2.75) is 6.42 Å². The van der Waals surface area contributed by atoms with Crippen LogP contribution < -0.4 is 10.5 Å². The normalized spacial score (nSPS) is 9.79. The lowest BCUT2D eigenvalue weighted by atomic mass is 10.4. The number of carboxylic acid groups (broad SMARTS) is 1. The lowest BCUT2D eigenvalue weighted by Crippen LogP contribution is -2.07. The second-order valence-electron chi connectivity index (χ2n) is 2.37. The number of halogens is 1. The lowest BCUT2D eigenvalue weighted by molar-refractivity contribution is -0.137. The summed E-state index contributed by atoms with van der Waals surface area (Å²) in [7, 11) is 0. The molecule has 1 heterocycles. The third kappa shape index (κ3) is 2.74. The highest BCUT2D eigenvalue weighted by molar-refractivity contribution is 6.31. The van der Waals surface area contributed by atoms with Gasteiger partial charge in [-0.25, -0.2) is 9.97 Å². The molecule has 0 saturated carbocycles. The number of aliphatic carboxylic acids is 1. The fraction of sp³-hybridized carbons (Fsp3) is 0.286. The standard InChI is InChI=1S/C7H8ClN3O3/c8-6-5(7(9)11-3-10-6)14-2-1-4(12)13/h3H,1-2H2,(H,12,13)(H2,9,10,11). The smallest absolute Gasteiger partial charge is 0.306 e. The van der Waals surface area contributed by atoms with Crippen LogP contribution in [0.3, 0.4) is 0 Å². The van der Waals surface area contributed by atoms with Gasteiger partial charge in [-0.3, -0.25) is 4.79 Å². The van der Waals surface area contributed by atoms with E-state index < -0.39 is 5.97 Å². The number of anilines is 1. The van der Waals surface area contributed by atoms with E-state index in [2.05, 4.69) is 9.97 Å². The zero-order valence-electron chi connectivity index (χ0n) is 7.11. The minimum atomic E-state index is -0.962. The lowest BCUT2D eigenvalue weighted by Gasteiger charge is -2.06. The summed E-state index contributed by atoms with van der Waals surface area (Å²) in [6, 6.07) is 0. The minimum Gasteiger partial charge on any atom is -0.486 e. The van der Waals surface area contributed by atoms with Crippen LogP contribution in [-0.2, 0) is 4.79 Å². The van der Waals surface area contributed by atoms with Gasteiger partial charge in [0.15, 0.2) is 16.7 Å². The molecular weight excluding hydrogens is 210 g/mol. The van der Waals surface area contributed by atoms with Crippen molar-refractivity contribution in [1.82, 2.24) is 9.97 Å². The van der Waals surface area contributed by atoms with E-state index in [0.717, 1.165) is 0 Å². The van der Waals surface area contributed by atoms with E-state index in [9.17, 15) is 4.79 Å². The summed E-state index contributed by atoms with van der Waals surface area (Å²) in [4.78, 5) is 17.5. The van der Waals surface area contributed by atoms with Crippen LogP contribution in [0, 0.1) is 0 Å². The van der Waals surface area contributed by atoms with Gasteiger partial charge in [-0.05, 0) is 0 Å². The Morgan fingerprint density at radius 3 is 2.93 bits per heavy atom. The minimum absolute atomic E-state index is 0.0212. The van der Waals surface area contributed by atoms with Crippen LogP contribution in [0.15, 0.2) is 6.33 Å². The molecule has 6 nitrogen and oxygen atoms in total. The molecule has 1 aromatic heterocycles. The highest BCUT2D eigenvalue weighted by atomic mass is 35.5. The maximum atomic E-state index is 10.2. The van der Waals surface area contributed by atoms with Gasteiger partial charge < -0.3 is 15.6 Å². The molecule has 14 heavy (non-hydrogen) atoms. The Labute approximate surface area is 84.7 Å². The largest absolute Gasteiger partial charge is 0.486 e. The first-order chi connectivity index (χ1) is 6.61. The van der Waals surface area contributed by atoms with Crippen molar-refractivity contribution in [1.29, 1.82) is 0 Å². The Bertz CT molecular complexity index is 325. The molecule has 0 radical (unpaired) electrons. The predicted molar refractivity (Wildman–Crippen MR) is 49.2 cm³/mol. The number of ether oxygens (including phenoxy) is 1. The van der Waals surface area contributed by atoms with Gasteiger partial charge in [-0.15, -0.1) is 0 Å².